The Labute approximate surface area is 131 Å². The molecule has 0 fully saturated rings. The molecule has 1 N–H and O–H groups in total. The van der Waals surface area contributed by atoms with Gasteiger partial charge in [-0.3, -0.25) is 0 Å². The van der Waals surface area contributed by atoms with Crippen molar-refractivity contribution in [2.24, 2.45) is 5.92 Å². The number of aryl methyl sites for hydroxylation is 2. The second kappa shape index (κ2) is 7.57. The number of thiazole rings is 1. The van der Waals surface area contributed by atoms with Crippen molar-refractivity contribution in [3.05, 3.63) is 45.4 Å². The summed E-state index contributed by atoms with van der Waals surface area (Å²) in [6.07, 6.45) is 0. The fourth-order valence-electron chi connectivity index (χ4n) is 1.97. The zero-order chi connectivity index (χ0) is 15.2. The molecule has 2 rings (SSSR count). The SMILES string of the molecule is Cc1ccc(OCc2nc(C)c(CNCC(C)C)s2)cc1. The quantitative estimate of drug-likeness (QED) is 0.837. The van der Waals surface area contributed by atoms with Crippen molar-refractivity contribution < 1.29 is 4.74 Å². The number of nitrogens with one attached hydrogen (secondary N) is 1. The average Bonchev–Trinajstić information content (AvgIpc) is 2.78. The molecule has 0 bridgehead atoms. The van der Waals surface area contributed by atoms with Crippen LogP contribution in [0.3, 0.4) is 0 Å². The van der Waals surface area contributed by atoms with Crippen molar-refractivity contribution in [1.29, 1.82) is 0 Å². The molecule has 1 aromatic heterocycles. The van der Waals surface area contributed by atoms with Crippen LogP contribution in [0, 0.1) is 19.8 Å². The van der Waals surface area contributed by atoms with E-state index >= 15 is 0 Å². The smallest absolute Gasteiger partial charge is 0.140 e. The molecule has 0 amide bonds. The summed E-state index contributed by atoms with van der Waals surface area (Å²) < 4.78 is 5.79. The molecule has 0 aliphatic heterocycles. The summed E-state index contributed by atoms with van der Waals surface area (Å²) in [5, 5.41) is 4.50. The topological polar surface area (TPSA) is 34.1 Å². The molecule has 0 radical (unpaired) electrons. The molecular weight excluding hydrogens is 280 g/mol. The Bertz CT molecular complexity index is 561. The summed E-state index contributed by atoms with van der Waals surface area (Å²) in [7, 11) is 0. The molecule has 3 nitrogen and oxygen atoms in total. The van der Waals surface area contributed by atoms with Crippen LogP contribution in [0.4, 0.5) is 0 Å². The van der Waals surface area contributed by atoms with Gasteiger partial charge in [-0.1, -0.05) is 31.5 Å². The Morgan fingerprint density at radius 2 is 1.90 bits per heavy atom. The van der Waals surface area contributed by atoms with E-state index in [9.17, 15) is 0 Å². The molecule has 1 heterocycles. The van der Waals surface area contributed by atoms with E-state index in [2.05, 4.69) is 50.1 Å². The number of hydrogen-bond donors (Lipinski definition) is 1. The lowest BCUT2D eigenvalue weighted by Gasteiger charge is -2.05. The largest absolute Gasteiger partial charge is 0.486 e. The number of aromatic nitrogens is 1. The minimum absolute atomic E-state index is 0.540. The normalized spacial score (nSPS) is 11.1. The second-order valence-electron chi connectivity index (χ2n) is 5.74. The Hall–Kier alpha value is -1.39. The molecule has 0 aliphatic carbocycles. The van der Waals surface area contributed by atoms with E-state index in [1.54, 1.807) is 11.3 Å². The third-order valence-electron chi connectivity index (χ3n) is 3.16. The first-order chi connectivity index (χ1) is 10.0. The lowest BCUT2D eigenvalue weighted by atomic mass is 10.2. The highest BCUT2D eigenvalue weighted by molar-refractivity contribution is 7.11. The lowest BCUT2D eigenvalue weighted by molar-refractivity contribution is 0.305. The predicted molar refractivity (Wildman–Crippen MR) is 88.9 cm³/mol. The van der Waals surface area contributed by atoms with E-state index in [1.165, 1.54) is 10.4 Å². The second-order valence-corrected chi connectivity index (χ2v) is 6.91. The molecule has 1 aromatic carbocycles. The van der Waals surface area contributed by atoms with Crippen molar-refractivity contribution in [3.63, 3.8) is 0 Å². The highest BCUT2D eigenvalue weighted by Crippen LogP contribution is 2.20. The van der Waals surface area contributed by atoms with Crippen LogP contribution in [0.1, 0.15) is 35.0 Å². The Morgan fingerprint density at radius 3 is 2.57 bits per heavy atom. The van der Waals surface area contributed by atoms with Crippen molar-refractivity contribution in [3.8, 4) is 5.75 Å². The first-order valence-corrected chi connectivity index (χ1v) is 8.21. The minimum Gasteiger partial charge on any atom is -0.486 e. The monoisotopic (exact) mass is 304 g/mol. The van der Waals surface area contributed by atoms with Crippen LogP contribution in [0.5, 0.6) is 5.75 Å². The third-order valence-corrected chi connectivity index (χ3v) is 4.29. The summed E-state index contributed by atoms with van der Waals surface area (Å²) in [5.74, 6) is 1.57. The van der Waals surface area contributed by atoms with Crippen molar-refractivity contribution in [2.45, 2.75) is 40.8 Å². The fraction of sp³-hybridized carbons (Fsp3) is 0.471. The van der Waals surface area contributed by atoms with Crippen LogP contribution in [0.15, 0.2) is 24.3 Å². The number of ether oxygens (including phenoxy) is 1. The van der Waals surface area contributed by atoms with Crippen molar-refractivity contribution in [1.82, 2.24) is 10.3 Å². The zero-order valence-corrected chi connectivity index (χ0v) is 14.1. The molecule has 0 unspecified atom stereocenters. The van der Waals surface area contributed by atoms with Gasteiger partial charge in [0.05, 0.1) is 5.69 Å². The average molecular weight is 304 g/mol. The molecule has 114 valence electrons. The minimum atomic E-state index is 0.540. The van der Waals surface area contributed by atoms with Gasteiger partial charge in [0.25, 0.3) is 0 Å². The number of hydrogen-bond acceptors (Lipinski definition) is 4. The number of rotatable bonds is 7. The maximum atomic E-state index is 5.79. The maximum Gasteiger partial charge on any atom is 0.140 e. The lowest BCUT2D eigenvalue weighted by Crippen LogP contribution is -2.18. The summed E-state index contributed by atoms with van der Waals surface area (Å²) in [6, 6.07) is 8.12. The van der Waals surface area contributed by atoms with Gasteiger partial charge in [-0.05, 0) is 38.4 Å². The third kappa shape index (κ3) is 5.14. The number of benzene rings is 1. The van der Waals surface area contributed by atoms with Crippen LogP contribution in [0.2, 0.25) is 0 Å². The van der Waals surface area contributed by atoms with Gasteiger partial charge in [0.2, 0.25) is 0 Å². The van der Waals surface area contributed by atoms with Gasteiger partial charge in [-0.2, -0.15) is 0 Å². The van der Waals surface area contributed by atoms with E-state index in [1.807, 2.05) is 12.1 Å². The Morgan fingerprint density at radius 1 is 1.19 bits per heavy atom. The first-order valence-electron chi connectivity index (χ1n) is 7.40. The van der Waals surface area contributed by atoms with Crippen LogP contribution >= 0.6 is 11.3 Å². The molecule has 0 saturated heterocycles. The summed E-state index contributed by atoms with van der Waals surface area (Å²) in [6.45, 7) is 11.0. The molecule has 21 heavy (non-hydrogen) atoms. The standard InChI is InChI=1S/C17H24N2OS/c1-12(2)9-18-10-16-14(4)19-17(21-16)11-20-15-7-5-13(3)6-8-15/h5-8,12,18H,9-11H2,1-4H3. The van der Waals surface area contributed by atoms with Crippen molar-refractivity contribution in [2.75, 3.05) is 6.54 Å². The van der Waals surface area contributed by atoms with E-state index in [4.69, 9.17) is 4.74 Å². The first kappa shape index (κ1) is 16.0. The highest BCUT2D eigenvalue weighted by Gasteiger charge is 2.08. The summed E-state index contributed by atoms with van der Waals surface area (Å²) in [5.41, 5.74) is 2.35. The van der Waals surface area contributed by atoms with Gasteiger partial charge in [-0.15, -0.1) is 11.3 Å². The van der Waals surface area contributed by atoms with Gasteiger partial charge < -0.3 is 10.1 Å². The van der Waals surface area contributed by atoms with Gasteiger partial charge in [0.15, 0.2) is 0 Å². The number of nitrogens with zero attached hydrogens (tertiary/aromatic N) is 1. The fourth-order valence-corrected chi connectivity index (χ4v) is 2.92. The summed E-state index contributed by atoms with van der Waals surface area (Å²) in [4.78, 5) is 5.90. The van der Waals surface area contributed by atoms with Gasteiger partial charge in [0.1, 0.15) is 17.4 Å². The molecule has 0 atom stereocenters. The van der Waals surface area contributed by atoms with E-state index < -0.39 is 0 Å². The van der Waals surface area contributed by atoms with Crippen LogP contribution < -0.4 is 10.1 Å². The van der Waals surface area contributed by atoms with Crippen LogP contribution in [-0.2, 0) is 13.2 Å². The van der Waals surface area contributed by atoms with Gasteiger partial charge in [-0.25, -0.2) is 4.98 Å². The van der Waals surface area contributed by atoms with Crippen LogP contribution in [0.25, 0.3) is 0 Å². The molecule has 4 heteroatoms. The predicted octanol–water partition coefficient (Wildman–Crippen LogP) is 4.08. The molecular formula is C17H24N2OS. The Balaban J connectivity index is 1.87. The maximum absolute atomic E-state index is 5.79. The van der Waals surface area contributed by atoms with Crippen LogP contribution in [-0.4, -0.2) is 11.5 Å². The molecule has 0 aliphatic rings. The summed E-state index contributed by atoms with van der Waals surface area (Å²) >= 11 is 1.73. The highest BCUT2D eigenvalue weighted by atomic mass is 32.1. The molecule has 0 saturated carbocycles. The van der Waals surface area contributed by atoms with E-state index in [0.29, 0.717) is 12.5 Å². The molecule has 0 spiro atoms. The van der Waals surface area contributed by atoms with E-state index in [0.717, 1.165) is 29.5 Å². The van der Waals surface area contributed by atoms with Gasteiger partial charge >= 0.3 is 0 Å². The van der Waals surface area contributed by atoms with E-state index in [-0.39, 0.29) is 0 Å². The Kier molecular flexibility index (Phi) is 5.76. The van der Waals surface area contributed by atoms with Crippen molar-refractivity contribution >= 4 is 11.3 Å². The van der Waals surface area contributed by atoms with Gasteiger partial charge in [0, 0.05) is 11.4 Å². The zero-order valence-electron chi connectivity index (χ0n) is 13.3. The molecule has 2 aromatic rings.